The summed E-state index contributed by atoms with van der Waals surface area (Å²) in [5.74, 6) is -2.82. The van der Waals surface area contributed by atoms with Crippen molar-refractivity contribution in [3.05, 3.63) is 249 Å². The Morgan fingerprint density at radius 1 is 0.362 bits per heavy atom. The summed E-state index contributed by atoms with van der Waals surface area (Å²) in [6.45, 7) is 16.1. The molecule has 0 spiro atoms. The molecule has 0 saturated carbocycles. The Bertz CT molecular complexity index is 5330. The number of esters is 4. The molecule has 11 aromatic carbocycles. The maximum absolute atomic E-state index is 16.0. The number of hydrogen-bond donors (Lipinski definition) is 4. The van der Waals surface area contributed by atoms with E-state index in [9.17, 15) is 14.4 Å². The number of nitrogens with one attached hydrogen (secondary N) is 4. The van der Waals surface area contributed by atoms with Gasteiger partial charge in [-0.15, -0.1) is 0 Å². The number of ketones is 2. The minimum atomic E-state index is -1.20. The third-order valence-electron chi connectivity index (χ3n) is 24.3. The quantitative estimate of drug-likeness (QED) is 0.0383. The van der Waals surface area contributed by atoms with E-state index in [1.807, 2.05) is 125 Å². The number of hydrogen-bond acceptors (Lipinski definition) is 14. The van der Waals surface area contributed by atoms with Crippen LogP contribution in [0.3, 0.4) is 0 Å². The van der Waals surface area contributed by atoms with Crippen LogP contribution in [0, 0.1) is 23.7 Å². The lowest BCUT2D eigenvalue weighted by Crippen LogP contribution is -2.47. The number of ether oxygens (including phenoxy) is 4. The Labute approximate surface area is 612 Å². The molecule has 3 unspecified atom stereocenters. The monoisotopic (exact) mass is 1400 g/mol. The Kier molecular flexibility index (Phi) is 18.6. The fraction of sp³-hybridized carbons (Fsp3) is 0.341. The van der Waals surface area contributed by atoms with Crippen LogP contribution in [0.2, 0.25) is 0 Å². The Balaban J connectivity index is 0.702. The molecule has 5 aliphatic rings. The second kappa shape index (κ2) is 28.2. The highest BCUT2D eigenvalue weighted by Gasteiger charge is 2.46. The smallest absolute Gasteiger partial charge is 0.339 e. The summed E-state index contributed by atoms with van der Waals surface area (Å²) in [5.41, 5.74) is 0.359. The van der Waals surface area contributed by atoms with E-state index < -0.39 is 46.1 Å². The molecular formula is C91H90N4O10. The van der Waals surface area contributed by atoms with Gasteiger partial charge in [-0.05, 0) is 269 Å². The van der Waals surface area contributed by atoms with E-state index in [1.54, 1.807) is 30.3 Å². The van der Waals surface area contributed by atoms with Crippen LogP contribution in [0.5, 0.6) is 0 Å². The molecule has 4 heterocycles. The van der Waals surface area contributed by atoms with Crippen molar-refractivity contribution in [3.8, 4) is 0 Å². The highest BCUT2D eigenvalue weighted by atomic mass is 16.6. The minimum Gasteiger partial charge on any atom is -0.456 e. The van der Waals surface area contributed by atoms with Crippen LogP contribution in [-0.2, 0) is 37.4 Å². The molecule has 16 rings (SSSR count). The molecule has 3 atom stereocenters. The second-order valence-electron chi connectivity index (χ2n) is 31.3. The number of piperidine rings is 4. The van der Waals surface area contributed by atoms with Crippen LogP contribution < -0.4 is 21.3 Å². The number of fused-ring (bicyclic) bond motifs is 8. The molecule has 0 amide bonds. The van der Waals surface area contributed by atoms with Crippen molar-refractivity contribution in [1.29, 1.82) is 0 Å². The first-order valence-electron chi connectivity index (χ1n) is 37.8. The molecule has 105 heavy (non-hydrogen) atoms. The van der Waals surface area contributed by atoms with E-state index in [2.05, 4.69) is 88.9 Å². The first-order valence-corrected chi connectivity index (χ1v) is 37.8. The van der Waals surface area contributed by atoms with Gasteiger partial charge in [0.1, 0.15) is 22.4 Å². The highest BCUT2D eigenvalue weighted by molar-refractivity contribution is 6.31. The lowest BCUT2D eigenvalue weighted by atomic mass is 9.74. The zero-order valence-electron chi connectivity index (χ0n) is 60.5. The largest absolute Gasteiger partial charge is 0.456 e. The minimum absolute atomic E-state index is 0.0365. The zero-order valence-corrected chi connectivity index (χ0v) is 60.5. The maximum Gasteiger partial charge on any atom is 0.339 e. The average Bonchev–Trinajstić information content (AvgIpc) is 0.736. The number of carbonyl (C=O) groups is 6. The Morgan fingerprint density at radius 3 is 1.53 bits per heavy atom. The van der Waals surface area contributed by atoms with Crippen molar-refractivity contribution in [2.24, 2.45) is 23.7 Å². The van der Waals surface area contributed by atoms with Gasteiger partial charge in [0.25, 0.3) is 0 Å². The summed E-state index contributed by atoms with van der Waals surface area (Å²) in [4.78, 5) is 90.3. The predicted octanol–water partition coefficient (Wildman–Crippen LogP) is 16.7. The van der Waals surface area contributed by atoms with Gasteiger partial charge in [-0.2, -0.15) is 0 Å². The van der Waals surface area contributed by atoms with Crippen molar-refractivity contribution in [1.82, 2.24) is 21.3 Å². The predicted molar refractivity (Wildman–Crippen MR) is 414 cm³/mol. The van der Waals surface area contributed by atoms with Gasteiger partial charge in [0.2, 0.25) is 0 Å². The lowest BCUT2D eigenvalue weighted by molar-refractivity contribution is -0.0516. The third-order valence-corrected chi connectivity index (χ3v) is 24.3. The molecule has 4 fully saturated rings. The van der Waals surface area contributed by atoms with Crippen molar-refractivity contribution in [2.75, 3.05) is 52.4 Å². The Hall–Kier alpha value is -9.96. The standard InChI is InChI=1S/C91H90N4O10/c1-88(2,66-30-38-92-39-31-66)102-86(100)75-24-12-23-74-80(75)83(97)73-22-11-18-63(79(73)82(74)96)54-90(4,68-34-42-94-43-35-68)104-87(101)81-70-19-9-8-16-61(70)52-77-71(81)20-13-25-78(77)91(5,69-36-44-95-45-37-69)105-85(99)72-21-10-17-60-49-64-46-55(26-27-59(64)51-76(60)72)53-89(3,67-32-40-93-41-33-67)103-84(98)62-29-28-58-47-56-14-6-7-15-57(56)48-65(58)50-62/h6-29,46-52,66-69,92-95H,30-45,53-54H2,1-5H3. The van der Waals surface area contributed by atoms with Crippen molar-refractivity contribution in [3.63, 3.8) is 0 Å². The van der Waals surface area contributed by atoms with Crippen molar-refractivity contribution in [2.45, 2.75) is 121 Å². The molecule has 534 valence electrons. The zero-order chi connectivity index (χ0) is 72.4. The van der Waals surface area contributed by atoms with Gasteiger partial charge in [0.05, 0.1) is 22.3 Å². The van der Waals surface area contributed by atoms with E-state index in [1.165, 1.54) is 0 Å². The molecule has 0 radical (unpaired) electrons. The highest BCUT2D eigenvalue weighted by Crippen LogP contribution is 2.47. The molecule has 1 aliphatic carbocycles. The first-order chi connectivity index (χ1) is 50.8. The first kappa shape index (κ1) is 69.4. The topological polar surface area (TPSA) is 187 Å². The number of carbonyl (C=O) groups excluding carboxylic acids is 6. The van der Waals surface area contributed by atoms with Crippen LogP contribution in [0.25, 0.3) is 64.6 Å². The molecule has 0 bridgehead atoms. The maximum atomic E-state index is 16.0. The summed E-state index contributed by atoms with van der Waals surface area (Å²) < 4.78 is 27.3. The molecule has 11 aromatic rings. The van der Waals surface area contributed by atoms with E-state index in [0.29, 0.717) is 65.4 Å². The molecule has 4 N–H and O–H groups in total. The van der Waals surface area contributed by atoms with Crippen LogP contribution >= 0.6 is 0 Å². The van der Waals surface area contributed by atoms with Crippen LogP contribution in [0.1, 0.15) is 176 Å². The summed E-state index contributed by atoms with van der Waals surface area (Å²) in [6, 6.07) is 60.8. The summed E-state index contributed by atoms with van der Waals surface area (Å²) >= 11 is 0. The number of benzene rings is 11. The van der Waals surface area contributed by atoms with Gasteiger partial charge in [0.15, 0.2) is 11.6 Å². The molecule has 4 aliphatic heterocycles. The van der Waals surface area contributed by atoms with E-state index in [0.717, 1.165) is 143 Å². The molecule has 4 saturated heterocycles. The fourth-order valence-electron chi connectivity index (χ4n) is 18.4. The van der Waals surface area contributed by atoms with Gasteiger partial charge in [-0.25, -0.2) is 19.2 Å². The normalized spacial score (nSPS) is 18.3. The van der Waals surface area contributed by atoms with Crippen LogP contribution in [0.15, 0.2) is 188 Å². The molecular weight excluding hydrogens is 1310 g/mol. The Morgan fingerprint density at radius 2 is 0.838 bits per heavy atom. The number of rotatable bonds is 17. The van der Waals surface area contributed by atoms with Crippen molar-refractivity contribution < 1.29 is 47.7 Å². The SMILES string of the molecule is CC(C)(OC(=O)c1cccc2c1C(=O)c1cccc(CC(C)(OC(=O)c3c4ccccc4cc4c(C(C)(OC(=O)c5cccc6cc7cc(CC(C)(OC(=O)c8ccc9cc%10ccccc%10cc9c8)C8CCNCC8)ccc7cc56)C5CCNCC5)cccc34)C3CCNCC3)c1C2=O)C1CCNCC1. The summed E-state index contributed by atoms with van der Waals surface area (Å²) in [7, 11) is 0. The fourth-order valence-corrected chi connectivity index (χ4v) is 18.4. The van der Waals surface area contributed by atoms with E-state index in [-0.39, 0.29) is 69.7 Å². The third kappa shape index (κ3) is 13.2. The van der Waals surface area contributed by atoms with Crippen molar-refractivity contribution >= 4 is 100 Å². The molecule has 14 heteroatoms. The lowest BCUT2D eigenvalue weighted by Gasteiger charge is -2.41. The van der Waals surface area contributed by atoms with Gasteiger partial charge in [0, 0.05) is 64.3 Å². The van der Waals surface area contributed by atoms with Gasteiger partial charge in [-0.3, -0.25) is 9.59 Å². The molecule has 14 nitrogen and oxygen atoms in total. The van der Waals surface area contributed by atoms with Crippen LogP contribution in [-0.4, -0.2) is 105 Å². The second-order valence-corrected chi connectivity index (χ2v) is 31.3. The van der Waals surface area contributed by atoms with E-state index >= 15 is 14.4 Å². The molecule has 0 aromatic heterocycles. The van der Waals surface area contributed by atoms with Gasteiger partial charge < -0.3 is 40.2 Å². The summed E-state index contributed by atoms with van der Waals surface area (Å²) in [6.07, 6.45) is 6.91. The average molecular weight is 1400 g/mol. The van der Waals surface area contributed by atoms with Gasteiger partial charge >= 0.3 is 23.9 Å². The summed E-state index contributed by atoms with van der Waals surface area (Å²) in [5, 5.41) is 24.7. The van der Waals surface area contributed by atoms with Gasteiger partial charge in [-0.1, -0.05) is 133 Å². The van der Waals surface area contributed by atoms with Crippen LogP contribution in [0.4, 0.5) is 0 Å². The van der Waals surface area contributed by atoms with E-state index in [4.69, 9.17) is 18.9 Å².